The van der Waals surface area contributed by atoms with Crippen LogP contribution in [0.1, 0.15) is 25.7 Å². The molecule has 0 radical (unpaired) electrons. The monoisotopic (exact) mass is 321 g/mol. The Morgan fingerprint density at radius 3 is 2.62 bits per heavy atom. The maximum Gasteiger partial charge on any atom is 0.277 e. The molecule has 120 valence electrons. The SMILES string of the molecule is NCC(F)(F)CNC(=O)C1CSCN1C(=O)C1CCCC1. The van der Waals surface area contributed by atoms with Crippen LogP contribution in [0.25, 0.3) is 0 Å². The molecule has 2 rings (SSSR count). The number of amides is 2. The van der Waals surface area contributed by atoms with E-state index in [2.05, 4.69) is 5.32 Å². The van der Waals surface area contributed by atoms with Gasteiger partial charge in [0.2, 0.25) is 11.8 Å². The van der Waals surface area contributed by atoms with Crippen LogP contribution in [-0.4, -0.2) is 53.4 Å². The van der Waals surface area contributed by atoms with Gasteiger partial charge in [-0.2, -0.15) is 0 Å². The van der Waals surface area contributed by atoms with Crippen LogP contribution in [0.15, 0.2) is 0 Å². The van der Waals surface area contributed by atoms with Gasteiger partial charge in [0, 0.05) is 11.7 Å². The first-order valence-corrected chi connectivity index (χ1v) is 8.34. The van der Waals surface area contributed by atoms with Gasteiger partial charge in [0.15, 0.2) is 0 Å². The minimum Gasteiger partial charge on any atom is -0.348 e. The lowest BCUT2D eigenvalue weighted by Gasteiger charge is -2.26. The first-order chi connectivity index (χ1) is 9.94. The summed E-state index contributed by atoms with van der Waals surface area (Å²) in [5.41, 5.74) is 4.93. The first-order valence-electron chi connectivity index (χ1n) is 7.18. The van der Waals surface area contributed by atoms with Crippen molar-refractivity contribution in [3.8, 4) is 0 Å². The molecule has 8 heteroatoms. The third-order valence-electron chi connectivity index (χ3n) is 3.99. The van der Waals surface area contributed by atoms with Gasteiger partial charge in [0.05, 0.1) is 19.0 Å². The summed E-state index contributed by atoms with van der Waals surface area (Å²) in [7, 11) is 0. The van der Waals surface area contributed by atoms with Gasteiger partial charge >= 0.3 is 0 Å². The molecular formula is C13H21F2N3O2S. The van der Waals surface area contributed by atoms with Gasteiger partial charge in [-0.05, 0) is 12.8 Å². The van der Waals surface area contributed by atoms with Gasteiger partial charge in [-0.15, -0.1) is 11.8 Å². The number of thioether (sulfide) groups is 1. The van der Waals surface area contributed by atoms with E-state index in [9.17, 15) is 18.4 Å². The molecule has 3 N–H and O–H groups in total. The van der Waals surface area contributed by atoms with Gasteiger partial charge in [-0.3, -0.25) is 9.59 Å². The molecule has 1 atom stereocenters. The zero-order valence-corrected chi connectivity index (χ0v) is 12.6. The molecule has 1 aliphatic carbocycles. The molecule has 1 aliphatic heterocycles. The van der Waals surface area contributed by atoms with Crippen LogP contribution in [0.5, 0.6) is 0 Å². The van der Waals surface area contributed by atoms with Crippen LogP contribution in [0, 0.1) is 5.92 Å². The predicted molar refractivity (Wildman–Crippen MR) is 76.9 cm³/mol. The minimum atomic E-state index is -3.11. The van der Waals surface area contributed by atoms with Gasteiger partial charge in [0.25, 0.3) is 5.92 Å². The largest absolute Gasteiger partial charge is 0.348 e. The molecule has 0 aromatic carbocycles. The number of nitrogens with zero attached hydrogens (tertiary/aromatic N) is 1. The summed E-state index contributed by atoms with van der Waals surface area (Å²) in [6.45, 7) is -1.59. The van der Waals surface area contributed by atoms with Crippen molar-refractivity contribution in [3.05, 3.63) is 0 Å². The molecule has 0 spiro atoms. The van der Waals surface area contributed by atoms with Gasteiger partial charge in [0.1, 0.15) is 6.04 Å². The molecule has 2 aliphatic rings. The number of carbonyl (C=O) groups excluding carboxylic acids is 2. The fraction of sp³-hybridized carbons (Fsp3) is 0.846. The van der Waals surface area contributed by atoms with Crippen LogP contribution in [0.2, 0.25) is 0 Å². The maximum absolute atomic E-state index is 13.1. The summed E-state index contributed by atoms with van der Waals surface area (Å²) in [5, 5.41) is 2.22. The zero-order chi connectivity index (χ0) is 15.5. The third kappa shape index (κ3) is 4.06. The molecule has 0 bridgehead atoms. The highest BCUT2D eigenvalue weighted by Gasteiger charge is 2.39. The van der Waals surface area contributed by atoms with E-state index in [-0.39, 0.29) is 11.8 Å². The van der Waals surface area contributed by atoms with E-state index in [0.717, 1.165) is 25.7 Å². The summed E-state index contributed by atoms with van der Waals surface area (Å²) < 4.78 is 26.2. The Labute approximate surface area is 127 Å². The summed E-state index contributed by atoms with van der Waals surface area (Å²) in [4.78, 5) is 26.0. The van der Waals surface area contributed by atoms with Gasteiger partial charge in [-0.25, -0.2) is 8.78 Å². The standard InChI is InChI=1S/C13H21F2N3O2S/c14-13(15,6-16)7-17-11(19)10-5-21-8-18(10)12(20)9-3-1-2-4-9/h9-10H,1-8,16H2,(H,17,19). The van der Waals surface area contributed by atoms with Crippen molar-refractivity contribution in [1.82, 2.24) is 10.2 Å². The number of hydrogen-bond donors (Lipinski definition) is 2. The third-order valence-corrected chi connectivity index (χ3v) is 5.00. The average molecular weight is 321 g/mol. The molecule has 0 aromatic rings. The molecule has 0 aromatic heterocycles. The topological polar surface area (TPSA) is 75.4 Å². The Hall–Kier alpha value is -0.890. The Morgan fingerprint density at radius 2 is 2.00 bits per heavy atom. The highest BCUT2D eigenvalue weighted by atomic mass is 32.2. The Bertz CT molecular complexity index is 403. The van der Waals surface area contributed by atoms with Crippen LogP contribution in [-0.2, 0) is 9.59 Å². The van der Waals surface area contributed by atoms with Gasteiger partial charge in [-0.1, -0.05) is 12.8 Å². The van der Waals surface area contributed by atoms with E-state index in [0.29, 0.717) is 11.6 Å². The second-order valence-electron chi connectivity index (χ2n) is 5.58. The number of carbonyl (C=O) groups is 2. The van der Waals surface area contributed by atoms with Crippen molar-refractivity contribution < 1.29 is 18.4 Å². The molecule has 21 heavy (non-hydrogen) atoms. The van der Waals surface area contributed by atoms with Gasteiger partial charge < -0.3 is 16.0 Å². The van der Waals surface area contributed by atoms with Crippen molar-refractivity contribution in [1.29, 1.82) is 0 Å². The van der Waals surface area contributed by atoms with E-state index in [1.54, 1.807) is 0 Å². The van der Waals surface area contributed by atoms with Crippen molar-refractivity contribution in [2.24, 2.45) is 11.7 Å². The summed E-state index contributed by atoms with van der Waals surface area (Å²) in [5.74, 6) is -2.73. The quantitative estimate of drug-likeness (QED) is 0.785. The molecular weight excluding hydrogens is 300 g/mol. The lowest BCUT2D eigenvalue weighted by Crippen LogP contribution is -2.51. The van der Waals surface area contributed by atoms with Crippen LogP contribution in [0.4, 0.5) is 8.78 Å². The number of nitrogens with one attached hydrogen (secondary N) is 1. The molecule has 1 saturated heterocycles. The Morgan fingerprint density at radius 1 is 1.33 bits per heavy atom. The van der Waals surface area contributed by atoms with E-state index in [1.165, 1.54) is 16.7 Å². The average Bonchev–Trinajstić information content (AvgIpc) is 3.14. The second-order valence-corrected chi connectivity index (χ2v) is 6.58. The maximum atomic E-state index is 13.1. The number of hydrogen-bond acceptors (Lipinski definition) is 4. The Kier molecular flexibility index (Phi) is 5.43. The molecule has 1 unspecified atom stereocenters. The summed E-state index contributed by atoms with van der Waals surface area (Å²) in [6, 6.07) is -0.642. The van der Waals surface area contributed by atoms with Crippen molar-refractivity contribution in [2.45, 2.75) is 37.6 Å². The first kappa shape index (κ1) is 16.5. The number of alkyl halides is 2. The van der Waals surface area contributed by atoms with E-state index in [4.69, 9.17) is 5.73 Å². The summed E-state index contributed by atoms with van der Waals surface area (Å²) >= 11 is 1.48. The van der Waals surface area contributed by atoms with Crippen LogP contribution in [0.3, 0.4) is 0 Å². The van der Waals surface area contributed by atoms with Crippen LogP contribution >= 0.6 is 11.8 Å². The lowest BCUT2D eigenvalue weighted by atomic mass is 10.1. The van der Waals surface area contributed by atoms with E-state index >= 15 is 0 Å². The highest BCUT2D eigenvalue weighted by molar-refractivity contribution is 7.99. The fourth-order valence-electron chi connectivity index (χ4n) is 2.69. The molecule has 2 fully saturated rings. The predicted octanol–water partition coefficient (Wildman–Crippen LogP) is 0.788. The molecule has 2 amide bonds. The highest BCUT2D eigenvalue weighted by Crippen LogP contribution is 2.30. The van der Waals surface area contributed by atoms with Crippen LogP contribution < -0.4 is 11.1 Å². The number of nitrogens with two attached hydrogens (primary N) is 1. The zero-order valence-electron chi connectivity index (χ0n) is 11.8. The molecule has 1 saturated carbocycles. The molecule has 5 nitrogen and oxygen atoms in total. The van der Waals surface area contributed by atoms with Crippen molar-refractivity contribution in [3.63, 3.8) is 0 Å². The van der Waals surface area contributed by atoms with Crippen molar-refractivity contribution >= 4 is 23.6 Å². The number of rotatable bonds is 5. The summed E-state index contributed by atoms with van der Waals surface area (Å²) in [6.07, 6.45) is 3.80. The number of halogens is 2. The Balaban J connectivity index is 1.91. The molecule has 1 heterocycles. The fourth-order valence-corrected chi connectivity index (χ4v) is 3.85. The van der Waals surface area contributed by atoms with E-state index < -0.39 is 31.0 Å². The smallest absolute Gasteiger partial charge is 0.277 e. The van der Waals surface area contributed by atoms with E-state index in [1.807, 2.05) is 0 Å². The van der Waals surface area contributed by atoms with Crippen molar-refractivity contribution in [2.75, 3.05) is 24.7 Å². The normalized spacial score (nSPS) is 23.6. The minimum absolute atomic E-state index is 0.00974. The second kappa shape index (κ2) is 6.91. The lowest BCUT2D eigenvalue weighted by molar-refractivity contribution is -0.141.